The van der Waals surface area contributed by atoms with Gasteiger partial charge in [0.15, 0.2) is 5.82 Å². The molecule has 4 atom stereocenters. The Balaban J connectivity index is 1.69. The monoisotopic (exact) mass is 292 g/mol. The maximum absolute atomic E-state index is 5.16. The molecule has 0 amide bonds. The maximum atomic E-state index is 5.16. The SMILES string of the molecule is COCc1nc2n(n1)CCC[C@H]2NC1C[C@@H](C)C[C@@H](C)C1. The lowest BCUT2D eigenvalue weighted by Gasteiger charge is -2.35. The van der Waals surface area contributed by atoms with Crippen LogP contribution in [0.15, 0.2) is 0 Å². The van der Waals surface area contributed by atoms with Crippen LogP contribution in [0.25, 0.3) is 0 Å². The molecule has 0 saturated heterocycles. The molecule has 1 unspecified atom stereocenters. The molecule has 1 fully saturated rings. The molecule has 5 heteroatoms. The zero-order chi connectivity index (χ0) is 14.8. The molecular formula is C16H28N4O. The van der Waals surface area contributed by atoms with Crippen molar-refractivity contribution in [2.75, 3.05) is 7.11 Å². The van der Waals surface area contributed by atoms with Gasteiger partial charge in [0.1, 0.15) is 12.4 Å². The highest BCUT2D eigenvalue weighted by atomic mass is 16.5. The Morgan fingerprint density at radius 1 is 1.24 bits per heavy atom. The lowest BCUT2D eigenvalue weighted by molar-refractivity contribution is 0.177. The number of ether oxygens (including phenoxy) is 1. The number of methoxy groups -OCH3 is 1. The van der Waals surface area contributed by atoms with Gasteiger partial charge in [-0.15, -0.1) is 0 Å². The molecule has 0 spiro atoms. The molecule has 5 nitrogen and oxygen atoms in total. The van der Waals surface area contributed by atoms with Crippen molar-refractivity contribution in [3.8, 4) is 0 Å². The van der Waals surface area contributed by atoms with Gasteiger partial charge in [-0.25, -0.2) is 9.67 Å². The summed E-state index contributed by atoms with van der Waals surface area (Å²) in [5.41, 5.74) is 0. The minimum absolute atomic E-state index is 0.361. The summed E-state index contributed by atoms with van der Waals surface area (Å²) in [5.74, 6) is 3.58. The molecule has 1 aliphatic carbocycles. The largest absolute Gasteiger partial charge is 0.377 e. The van der Waals surface area contributed by atoms with Crippen LogP contribution in [0.4, 0.5) is 0 Å². The van der Waals surface area contributed by atoms with Crippen molar-refractivity contribution in [1.29, 1.82) is 0 Å². The van der Waals surface area contributed by atoms with Gasteiger partial charge in [-0.3, -0.25) is 0 Å². The molecule has 1 aromatic rings. The normalized spacial score (nSPS) is 32.9. The Morgan fingerprint density at radius 2 is 2.00 bits per heavy atom. The van der Waals surface area contributed by atoms with Crippen molar-refractivity contribution in [2.45, 2.75) is 71.2 Å². The van der Waals surface area contributed by atoms with E-state index in [1.807, 2.05) is 0 Å². The van der Waals surface area contributed by atoms with Crippen LogP contribution in [0.3, 0.4) is 0 Å². The fourth-order valence-corrected chi connectivity index (χ4v) is 4.12. The van der Waals surface area contributed by atoms with Crippen molar-refractivity contribution in [1.82, 2.24) is 20.1 Å². The Bertz CT molecular complexity index is 463. The molecule has 2 aliphatic rings. The van der Waals surface area contributed by atoms with Gasteiger partial charge in [0, 0.05) is 19.7 Å². The molecule has 0 radical (unpaired) electrons. The standard InChI is InChI=1S/C16H28N4O/c1-11-7-12(2)9-13(8-11)17-14-5-4-6-20-16(14)18-15(19-20)10-21-3/h11-14,17H,4-10H2,1-3H3/t11-,12+,13?,14-/m1/s1. The summed E-state index contributed by atoms with van der Waals surface area (Å²) in [5, 5.41) is 8.42. The lowest BCUT2D eigenvalue weighted by atomic mass is 9.80. The second kappa shape index (κ2) is 6.44. The molecule has 21 heavy (non-hydrogen) atoms. The Kier molecular flexibility index (Phi) is 4.60. The number of hydrogen-bond donors (Lipinski definition) is 1. The predicted molar refractivity (Wildman–Crippen MR) is 81.8 cm³/mol. The summed E-state index contributed by atoms with van der Waals surface area (Å²) in [7, 11) is 1.69. The van der Waals surface area contributed by atoms with Crippen LogP contribution < -0.4 is 5.32 Å². The first kappa shape index (κ1) is 15.0. The molecule has 1 aliphatic heterocycles. The summed E-state index contributed by atoms with van der Waals surface area (Å²) in [6.07, 6.45) is 6.31. The van der Waals surface area contributed by atoms with Crippen molar-refractivity contribution in [3.63, 3.8) is 0 Å². The molecule has 1 aromatic heterocycles. The number of fused-ring (bicyclic) bond motifs is 1. The van der Waals surface area contributed by atoms with Gasteiger partial charge in [0.2, 0.25) is 0 Å². The molecule has 2 heterocycles. The van der Waals surface area contributed by atoms with Gasteiger partial charge in [-0.05, 0) is 43.9 Å². The highest BCUT2D eigenvalue weighted by Gasteiger charge is 2.30. The van der Waals surface area contributed by atoms with Gasteiger partial charge >= 0.3 is 0 Å². The number of rotatable bonds is 4. The first-order valence-corrected chi connectivity index (χ1v) is 8.34. The highest BCUT2D eigenvalue weighted by Crippen LogP contribution is 2.31. The minimum atomic E-state index is 0.361. The third-order valence-electron chi connectivity index (χ3n) is 4.81. The maximum Gasteiger partial charge on any atom is 0.176 e. The second-order valence-corrected chi connectivity index (χ2v) is 7.02. The van der Waals surface area contributed by atoms with Crippen LogP contribution in [0.2, 0.25) is 0 Å². The topological polar surface area (TPSA) is 52.0 Å². The number of hydrogen-bond acceptors (Lipinski definition) is 4. The third kappa shape index (κ3) is 3.46. The van der Waals surface area contributed by atoms with Crippen molar-refractivity contribution < 1.29 is 4.74 Å². The van der Waals surface area contributed by atoms with Crippen LogP contribution in [0.1, 0.15) is 63.6 Å². The molecule has 1 N–H and O–H groups in total. The lowest BCUT2D eigenvalue weighted by Crippen LogP contribution is -2.40. The van der Waals surface area contributed by atoms with Gasteiger partial charge in [-0.1, -0.05) is 13.8 Å². The zero-order valence-corrected chi connectivity index (χ0v) is 13.5. The summed E-state index contributed by atoms with van der Waals surface area (Å²) in [6.45, 7) is 6.25. The average molecular weight is 292 g/mol. The van der Waals surface area contributed by atoms with E-state index in [0.29, 0.717) is 18.7 Å². The average Bonchev–Trinajstić information content (AvgIpc) is 2.81. The Labute approximate surface area is 127 Å². The smallest absolute Gasteiger partial charge is 0.176 e. The van der Waals surface area contributed by atoms with E-state index in [1.165, 1.54) is 32.1 Å². The molecule has 0 bridgehead atoms. The number of aryl methyl sites for hydroxylation is 1. The van der Waals surface area contributed by atoms with Gasteiger partial charge in [-0.2, -0.15) is 5.10 Å². The van der Waals surface area contributed by atoms with E-state index in [4.69, 9.17) is 4.74 Å². The van der Waals surface area contributed by atoms with E-state index in [9.17, 15) is 0 Å². The van der Waals surface area contributed by atoms with E-state index in [1.54, 1.807) is 7.11 Å². The van der Waals surface area contributed by atoms with Crippen LogP contribution >= 0.6 is 0 Å². The van der Waals surface area contributed by atoms with E-state index >= 15 is 0 Å². The Hall–Kier alpha value is -0.940. The highest BCUT2D eigenvalue weighted by molar-refractivity contribution is 5.03. The zero-order valence-electron chi connectivity index (χ0n) is 13.5. The first-order chi connectivity index (χ1) is 10.2. The molecule has 0 aromatic carbocycles. The second-order valence-electron chi connectivity index (χ2n) is 7.02. The summed E-state index contributed by atoms with van der Waals surface area (Å²) in [6, 6.07) is 0.988. The van der Waals surface area contributed by atoms with Crippen LogP contribution in [-0.4, -0.2) is 27.9 Å². The van der Waals surface area contributed by atoms with E-state index in [2.05, 4.69) is 33.9 Å². The number of aromatic nitrogens is 3. The van der Waals surface area contributed by atoms with Crippen LogP contribution in [-0.2, 0) is 17.9 Å². The predicted octanol–water partition coefficient (Wildman–Crippen LogP) is 2.67. The van der Waals surface area contributed by atoms with Crippen LogP contribution in [0.5, 0.6) is 0 Å². The van der Waals surface area contributed by atoms with E-state index in [0.717, 1.165) is 30.0 Å². The summed E-state index contributed by atoms with van der Waals surface area (Å²) in [4.78, 5) is 4.69. The number of nitrogens with one attached hydrogen (secondary N) is 1. The van der Waals surface area contributed by atoms with E-state index in [-0.39, 0.29) is 0 Å². The first-order valence-electron chi connectivity index (χ1n) is 8.34. The van der Waals surface area contributed by atoms with E-state index < -0.39 is 0 Å². The summed E-state index contributed by atoms with van der Waals surface area (Å²) < 4.78 is 7.23. The van der Waals surface area contributed by atoms with Gasteiger partial charge < -0.3 is 10.1 Å². The fraction of sp³-hybridized carbons (Fsp3) is 0.875. The number of nitrogens with zero attached hydrogens (tertiary/aromatic N) is 3. The van der Waals surface area contributed by atoms with Gasteiger partial charge in [0.25, 0.3) is 0 Å². The van der Waals surface area contributed by atoms with Crippen molar-refractivity contribution in [3.05, 3.63) is 11.6 Å². The summed E-state index contributed by atoms with van der Waals surface area (Å²) >= 11 is 0. The molecule has 1 saturated carbocycles. The van der Waals surface area contributed by atoms with Crippen molar-refractivity contribution in [2.24, 2.45) is 11.8 Å². The molecular weight excluding hydrogens is 264 g/mol. The van der Waals surface area contributed by atoms with Gasteiger partial charge in [0.05, 0.1) is 6.04 Å². The fourth-order valence-electron chi connectivity index (χ4n) is 4.12. The van der Waals surface area contributed by atoms with Crippen molar-refractivity contribution >= 4 is 0 Å². The molecule has 118 valence electrons. The molecule has 3 rings (SSSR count). The Morgan fingerprint density at radius 3 is 2.71 bits per heavy atom. The van der Waals surface area contributed by atoms with Crippen LogP contribution in [0, 0.1) is 11.8 Å². The third-order valence-corrected chi connectivity index (χ3v) is 4.81. The quantitative estimate of drug-likeness (QED) is 0.927. The minimum Gasteiger partial charge on any atom is -0.377 e.